The van der Waals surface area contributed by atoms with Crippen molar-refractivity contribution in [3.8, 4) is 0 Å². The van der Waals surface area contributed by atoms with Gasteiger partial charge in [0.05, 0.1) is 17.6 Å². The predicted octanol–water partition coefficient (Wildman–Crippen LogP) is 1.89. The van der Waals surface area contributed by atoms with E-state index in [1.807, 2.05) is 25.2 Å². The van der Waals surface area contributed by atoms with Crippen LogP contribution in [0.5, 0.6) is 0 Å². The van der Waals surface area contributed by atoms with Gasteiger partial charge in [-0.2, -0.15) is 0 Å². The van der Waals surface area contributed by atoms with Crippen molar-refractivity contribution in [2.24, 2.45) is 12.0 Å². The first-order valence-corrected chi connectivity index (χ1v) is 7.10. The van der Waals surface area contributed by atoms with Gasteiger partial charge >= 0.3 is 0 Å². The predicted molar refractivity (Wildman–Crippen MR) is 101 cm³/mol. The Balaban J connectivity index is 0.00000242. The van der Waals surface area contributed by atoms with Gasteiger partial charge in [-0.3, -0.25) is 4.99 Å². The molecule has 22 heavy (non-hydrogen) atoms. The highest BCUT2D eigenvalue weighted by molar-refractivity contribution is 14.0. The lowest BCUT2D eigenvalue weighted by molar-refractivity contribution is 0.195. The van der Waals surface area contributed by atoms with Gasteiger partial charge in [-0.1, -0.05) is 12.1 Å². The van der Waals surface area contributed by atoms with Crippen LogP contribution in [0.25, 0.3) is 11.0 Å². The maximum atomic E-state index is 5.02. The van der Waals surface area contributed by atoms with E-state index in [4.69, 9.17) is 4.74 Å². The van der Waals surface area contributed by atoms with Crippen LogP contribution < -0.4 is 10.6 Å². The van der Waals surface area contributed by atoms with E-state index in [-0.39, 0.29) is 24.0 Å². The van der Waals surface area contributed by atoms with Crippen LogP contribution in [0.3, 0.4) is 0 Å². The normalized spacial score (nSPS) is 11.3. The minimum atomic E-state index is 0. The Bertz CT molecular complexity index is 611. The summed E-state index contributed by atoms with van der Waals surface area (Å²) in [7, 11) is 5.50. The van der Waals surface area contributed by atoms with Gasteiger partial charge in [0, 0.05) is 34.4 Å². The molecule has 0 aliphatic heterocycles. The summed E-state index contributed by atoms with van der Waals surface area (Å²) in [5.41, 5.74) is 2.15. The number of methoxy groups -OCH3 is 1. The van der Waals surface area contributed by atoms with Crippen LogP contribution in [-0.2, 0) is 18.3 Å². The molecule has 0 fully saturated rings. The van der Waals surface area contributed by atoms with E-state index < -0.39 is 0 Å². The second kappa shape index (κ2) is 9.62. The fraction of sp³-hybridized carbons (Fsp3) is 0.467. The largest absolute Gasteiger partial charge is 0.385 e. The van der Waals surface area contributed by atoms with Crippen molar-refractivity contribution >= 4 is 41.0 Å². The Labute approximate surface area is 148 Å². The van der Waals surface area contributed by atoms with Crippen LogP contribution in [0.15, 0.2) is 29.3 Å². The van der Waals surface area contributed by atoms with Gasteiger partial charge in [-0.25, -0.2) is 4.98 Å². The van der Waals surface area contributed by atoms with Crippen LogP contribution in [0, 0.1) is 0 Å². The van der Waals surface area contributed by atoms with Crippen LogP contribution >= 0.6 is 24.0 Å². The summed E-state index contributed by atoms with van der Waals surface area (Å²) in [6, 6.07) is 8.13. The van der Waals surface area contributed by atoms with Crippen molar-refractivity contribution in [2.45, 2.75) is 13.0 Å². The first-order chi connectivity index (χ1) is 10.3. The van der Waals surface area contributed by atoms with E-state index in [0.717, 1.165) is 42.4 Å². The first-order valence-electron chi connectivity index (χ1n) is 7.10. The standard InChI is InChI=1S/C15H23N5O.HI/c1-16-15(17-9-6-10-21-3)18-11-14-19-12-7-4-5-8-13(12)20(14)2;/h4-5,7-8H,6,9-11H2,1-3H3,(H2,16,17,18);1H. The number of nitrogens with one attached hydrogen (secondary N) is 2. The molecule has 0 bridgehead atoms. The topological polar surface area (TPSA) is 63.5 Å². The number of hydrogen-bond donors (Lipinski definition) is 2. The smallest absolute Gasteiger partial charge is 0.191 e. The molecule has 0 radical (unpaired) electrons. The third kappa shape index (κ3) is 4.84. The lowest BCUT2D eigenvalue weighted by atomic mass is 10.3. The number of nitrogens with zero attached hydrogens (tertiary/aromatic N) is 3. The Morgan fingerprint density at radius 1 is 1.32 bits per heavy atom. The molecular weight excluding hydrogens is 393 g/mol. The Hall–Kier alpha value is -1.35. The molecule has 0 amide bonds. The number of imidazole rings is 1. The zero-order chi connectivity index (χ0) is 15.1. The number of para-hydroxylation sites is 2. The molecule has 6 nitrogen and oxygen atoms in total. The number of ether oxygens (including phenoxy) is 1. The molecule has 0 aliphatic carbocycles. The van der Waals surface area contributed by atoms with Crippen molar-refractivity contribution in [3.05, 3.63) is 30.1 Å². The molecule has 1 heterocycles. The zero-order valence-electron chi connectivity index (χ0n) is 13.3. The maximum Gasteiger partial charge on any atom is 0.191 e. The summed E-state index contributed by atoms with van der Waals surface area (Å²) in [4.78, 5) is 8.83. The minimum Gasteiger partial charge on any atom is -0.385 e. The van der Waals surface area contributed by atoms with Gasteiger partial charge in [0.2, 0.25) is 0 Å². The number of aryl methyl sites for hydroxylation is 1. The molecule has 1 aromatic heterocycles. The summed E-state index contributed by atoms with van der Waals surface area (Å²) >= 11 is 0. The molecule has 2 aromatic rings. The third-order valence-electron chi connectivity index (χ3n) is 3.34. The number of rotatable bonds is 6. The summed E-state index contributed by atoms with van der Waals surface area (Å²) < 4.78 is 7.12. The number of guanidine groups is 1. The Morgan fingerprint density at radius 2 is 2.09 bits per heavy atom. The molecule has 122 valence electrons. The van der Waals surface area contributed by atoms with E-state index in [1.54, 1.807) is 14.2 Å². The summed E-state index contributed by atoms with van der Waals surface area (Å²) in [6.07, 6.45) is 0.948. The summed E-state index contributed by atoms with van der Waals surface area (Å²) in [5, 5.41) is 6.53. The third-order valence-corrected chi connectivity index (χ3v) is 3.34. The van der Waals surface area contributed by atoms with E-state index in [1.165, 1.54) is 0 Å². The average Bonchev–Trinajstić information content (AvgIpc) is 2.83. The molecule has 1 aromatic carbocycles. The highest BCUT2D eigenvalue weighted by Gasteiger charge is 2.07. The van der Waals surface area contributed by atoms with Gasteiger partial charge in [-0.15, -0.1) is 24.0 Å². The molecule has 0 atom stereocenters. The molecule has 0 saturated carbocycles. The number of benzene rings is 1. The van der Waals surface area contributed by atoms with Crippen molar-refractivity contribution in [2.75, 3.05) is 27.3 Å². The second-order valence-electron chi connectivity index (χ2n) is 4.77. The molecule has 2 N–H and O–H groups in total. The number of hydrogen-bond acceptors (Lipinski definition) is 3. The summed E-state index contributed by atoms with van der Waals surface area (Å²) in [5.74, 6) is 1.76. The van der Waals surface area contributed by atoms with Crippen LogP contribution in [0.4, 0.5) is 0 Å². The van der Waals surface area contributed by atoms with E-state index >= 15 is 0 Å². The van der Waals surface area contributed by atoms with Gasteiger partial charge in [0.25, 0.3) is 0 Å². The molecule has 0 saturated heterocycles. The zero-order valence-corrected chi connectivity index (χ0v) is 15.6. The number of aliphatic imine (C=N–C) groups is 1. The Kier molecular flexibility index (Phi) is 8.18. The minimum absolute atomic E-state index is 0. The van der Waals surface area contributed by atoms with Crippen molar-refractivity contribution in [3.63, 3.8) is 0 Å². The van der Waals surface area contributed by atoms with Gasteiger partial charge < -0.3 is 19.9 Å². The highest BCUT2D eigenvalue weighted by atomic mass is 127. The van der Waals surface area contributed by atoms with Crippen LogP contribution in [0.2, 0.25) is 0 Å². The highest BCUT2D eigenvalue weighted by Crippen LogP contribution is 2.13. The molecule has 0 unspecified atom stereocenters. The quantitative estimate of drug-likeness (QED) is 0.326. The van der Waals surface area contributed by atoms with Crippen molar-refractivity contribution < 1.29 is 4.74 Å². The van der Waals surface area contributed by atoms with Gasteiger partial charge in [0.1, 0.15) is 5.82 Å². The summed E-state index contributed by atoms with van der Waals surface area (Å²) in [6.45, 7) is 2.21. The van der Waals surface area contributed by atoms with Crippen molar-refractivity contribution in [1.82, 2.24) is 20.2 Å². The molecule has 7 heteroatoms. The fourth-order valence-electron chi connectivity index (χ4n) is 2.16. The van der Waals surface area contributed by atoms with E-state index in [0.29, 0.717) is 6.54 Å². The lowest BCUT2D eigenvalue weighted by Crippen LogP contribution is -2.38. The molecule has 0 spiro atoms. The first kappa shape index (κ1) is 18.7. The lowest BCUT2D eigenvalue weighted by Gasteiger charge is -2.11. The molecule has 2 rings (SSSR count). The van der Waals surface area contributed by atoms with Gasteiger partial charge in [-0.05, 0) is 18.6 Å². The average molecular weight is 417 g/mol. The van der Waals surface area contributed by atoms with Gasteiger partial charge in [0.15, 0.2) is 5.96 Å². The monoisotopic (exact) mass is 417 g/mol. The van der Waals surface area contributed by atoms with Crippen molar-refractivity contribution in [1.29, 1.82) is 0 Å². The maximum absolute atomic E-state index is 5.02. The molecular formula is C15H24IN5O. The molecule has 0 aliphatic rings. The number of fused-ring (bicyclic) bond motifs is 1. The Morgan fingerprint density at radius 3 is 2.77 bits per heavy atom. The van der Waals surface area contributed by atoms with E-state index in [9.17, 15) is 0 Å². The van der Waals surface area contributed by atoms with Crippen LogP contribution in [-0.4, -0.2) is 42.8 Å². The number of aromatic nitrogens is 2. The van der Waals surface area contributed by atoms with E-state index in [2.05, 4.69) is 31.2 Å². The fourth-order valence-corrected chi connectivity index (χ4v) is 2.16. The van der Waals surface area contributed by atoms with Crippen LogP contribution in [0.1, 0.15) is 12.2 Å². The second-order valence-corrected chi connectivity index (χ2v) is 4.77. The number of halogens is 1. The SMILES string of the molecule is CN=C(NCCCOC)NCc1nc2ccccc2n1C.I.